The summed E-state index contributed by atoms with van der Waals surface area (Å²) in [6, 6.07) is 11.1. The topological polar surface area (TPSA) is 23.5 Å². The van der Waals surface area contributed by atoms with Crippen LogP contribution in [0, 0.1) is 0 Å². The SMILES string of the molecule is C=CC[C@H](Cc1ccccc1)N(CC)CCCO. The lowest BCUT2D eigenvalue weighted by Gasteiger charge is -2.30. The fourth-order valence-corrected chi connectivity index (χ4v) is 2.31. The third-order valence-electron chi connectivity index (χ3n) is 3.28. The molecule has 0 spiro atoms. The average molecular weight is 247 g/mol. The van der Waals surface area contributed by atoms with Gasteiger partial charge in [-0.2, -0.15) is 0 Å². The van der Waals surface area contributed by atoms with Crippen LogP contribution in [0.2, 0.25) is 0 Å². The first-order valence-corrected chi connectivity index (χ1v) is 6.81. The average Bonchev–Trinajstić information content (AvgIpc) is 2.41. The van der Waals surface area contributed by atoms with Gasteiger partial charge in [-0.1, -0.05) is 43.3 Å². The van der Waals surface area contributed by atoms with E-state index >= 15 is 0 Å². The van der Waals surface area contributed by atoms with Gasteiger partial charge in [-0.05, 0) is 31.4 Å². The van der Waals surface area contributed by atoms with Gasteiger partial charge in [-0.3, -0.25) is 4.90 Å². The van der Waals surface area contributed by atoms with Gasteiger partial charge in [0.1, 0.15) is 0 Å². The summed E-state index contributed by atoms with van der Waals surface area (Å²) in [7, 11) is 0. The standard InChI is InChI=1S/C16H25NO/c1-3-9-16(17(4-2)12-8-13-18)14-15-10-6-5-7-11-15/h3,5-7,10-11,16,18H,1,4,8-9,12-14H2,2H3/t16-/m1/s1. The number of benzene rings is 1. The molecule has 18 heavy (non-hydrogen) atoms. The summed E-state index contributed by atoms with van der Waals surface area (Å²) in [6.45, 7) is 8.28. The van der Waals surface area contributed by atoms with E-state index in [0.29, 0.717) is 6.04 Å². The van der Waals surface area contributed by atoms with Crippen LogP contribution in [0.1, 0.15) is 25.3 Å². The maximum Gasteiger partial charge on any atom is 0.0443 e. The van der Waals surface area contributed by atoms with Gasteiger partial charge in [-0.15, -0.1) is 6.58 Å². The predicted octanol–water partition coefficient (Wildman–Crippen LogP) is 2.88. The maximum atomic E-state index is 8.97. The molecule has 0 heterocycles. The molecule has 0 aromatic heterocycles. The van der Waals surface area contributed by atoms with Crippen molar-refractivity contribution in [1.29, 1.82) is 0 Å². The monoisotopic (exact) mass is 247 g/mol. The van der Waals surface area contributed by atoms with E-state index in [-0.39, 0.29) is 6.61 Å². The van der Waals surface area contributed by atoms with Crippen molar-refractivity contribution in [2.75, 3.05) is 19.7 Å². The summed E-state index contributed by atoms with van der Waals surface area (Å²) >= 11 is 0. The van der Waals surface area contributed by atoms with E-state index in [0.717, 1.165) is 32.4 Å². The van der Waals surface area contributed by atoms with E-state index in [1.807, 2.05) is 6.08 Å². The highest BCUT2D eigenvalue weighted by Crippen LogP contribution is 2.13. The van der Waals surface area contributed by atoms with Crippen LogP contribution in [0.15, 0.2) is 43.0 Å². The Morgan fingerprint density at radius 3 is 2.61 bits per heavy atom. The quantitative estimate of drug-likeness (QED) is 0.678. The second-order valence-electron chi connectivity index (χ2n) is 4.57. The number of aliphatic hydroxyl groups is 1. The molecular weight excluding hydrogens is 222 g/mol. The van der Waals surface area contributed by atoms with E-state index in [1.54, 1.807) is 0 Å². The van der Waals surface area contributed by atoms with Gasteiger partial charge in [0.2, 0.25) is 0 Å². The highest BCUT2D eigenvalue weighted by molar-refractivity contribution is 5.16. The lowest BCUT2D eigenvalue weighted by molar-refractivity contribution is 0.180. The molecule has 0 aliphatic heterocycles. The Kier molecular flexibility index (Phi) is 7.38. The number of hydrogen-bond donors (Lipinski definition) is 1. The van der Waals surface area contributed by atoms with Crippen molar-refractivity contribution in [2.24, 2.45) is 0 Å². The summed E-state index contributed by atoms with van der Waals surface area (Å²) in [6.07, 6.45) is 4.88. The van der Waals surface area contributed by atoms with Crippen molar-refractivity contribution >= 4 is 0 Å². The molecule has 1 aromatic rings. The third-order valence-corrected chi connectivity index (χ3v) is 3.28. The van der Waals surface area contributed by atoms with Crippen LogP contribution >= 0.6 is 0 Å². The fourth-order valence-electron chi connectivity index (χ4n) is 2.31. The molecule has 1 rings (SSSR count). The molecule has 1 aromatic carbocycles. The van der Waals surface area contributed by atoms with Gasteiger partial charge in [0.05, 0.1) is 0 Å². The molecule has 0 saturated heterocycles. The van der Waals surface area contributed by atoms with Crippen molar-refractivity contribution in [3.8, 4) is 0 Å². The molecule has 0 unspecified atom stereocenters. The highest BCUT2D eigenvalue weighted by atomic mass is 16.3. The smallest absolute Gasteiger partial charge is 0.0443 e. The van der Waals surface area contributed by atoms with Crippen LogP contribution < -0.4 is 0 Å². The summed E-state index contributed by atoms with van der Waals surface area (Å²) in [4.78, 5) is 2.44. The van der Waals surface area contributed by atoms with Gasteiger partial charge >= 0.3 is 0 Å². The first-order chi connectivity index (χ1) is 8.81. The predicted molar refractivity (Wildman–Crippen MR) is 77.7 cm³/mol. The van der Waals surface area contributed by atoms with E-state index in [2.05, 4.69) is 48.7 Å². The van der Waals surface area contributed by atoms with Crippen LogP contribution in [0.4, 0.5) is 0 Å². The lowest BCUT2D eigenvalue weighted by Crippen LogP contribution is -2.37. The van der Waals surface area contributed by atoms with Gasteiger partial charge < -0.3 is 5.11 Å². The molecule has 0 aliphatic carbocycles. The summed E-state index contributed by atoms with van der Waals surface area (Å²) in [5.41, 5.74) is 1.37. The van der Waals surface area contributed by atoms with Crippen molar-refractivity contribution in [3.63, 3.8) is 0 Å². The Hall–Kier alpha value is -1.12. The molecule has 0 bridgehead atoms. The Morgan fingerprint density at radius 1 is 1.33 bits per heavy atom. The molecule has 0 amide bonds. The summed E-state index contributed by atoms with van der Waals surface area (Å²) < 4.78 is 0. The molecule has 100 valence electrons. The van der Waals surface area contributed by atoms with Gasteiger partial charge in [0.15, 0.2) is 0 Å². The second-order valence-corrected chi connectivity index (χ2v) is 4.57. The van der Waals surface area contributed by atoms with Crippen LogP contribution in [-0.4, -0.2) is 35.7 Å². The first-order valence-electron chi connectivity index (χ1n) is 6.81. The van der Waals surface area contributed by atoms with Gasteiger partial charge in [0.25, 0.3) is 0 Å². The summed E-state index contributed by atoms with van der Waals surface area (Å²) in [5.74, 6) is 0. The van der Waals surface area contributed by atoms with Crippen LogP contribution in [0.5, 0.6) is 0 Å². The minimum absolute atomic E-state index is 0.267. The number of hydrogen-bond acceptors (Lipinski definition) is 2. The molecule has 0 saturated carbocycles. The number of rotatable bonds is 9. The zero-order valence-electron chi connectivity index (χ0n) is 11.4. The van der Waals surface area contributed by atoms with Gasteiger partial charge in [-0.25, -0.2) is 0 Å². The van der Waals surface area contributed by atoms with E-state index in [4.69, 9.17) is 5.11 Å². The fraction of sp³-hybridized carbons (Fsp3) is 0.500. The lowest BCUT2D eigenvalue weighted by atomic mass is 10.0. The minimum Gasteiger partial charge on any atom is -0.396 e. The second kappa shape index (κ2) is 8.90. The first kappa shape index (κ1) is 14.9. The molecule has 1 N–H and O–H groups in total. The summed E-state index contributed by atoms with van der Waals surface area (Å²) in [5, 5.41) is 8.97. The molecule has 0 aliphatic rings. The van der Waals surface area contributed by atoms with Crippen molar-refractivity contribution in [2.45, 2.75) is 32.2 Å². The number of aliphatic hydroxyl groups excluding tert-OH is 1. The molecule has 2 nitrogen and oxygen atoms in total. The molecule has 2 heteroatoms. The molecule has 1 atom stereocenters. The van der Waals surface area contributed by atoms with Crippen molar-refractivity contribution in [1.82, 2.24) is 4.90 Å². The maximum absolute atomic E-state index is 8.97. The largest absolute Gasteiger partial charge is 0.396 e. The van der Waals surface area contributed by atoms with Gasteiger partial charge in [0, 0.05) is 19.2 Å². The molecule has 0 fully saturated rings. The van der Waals surface area contributed by atoms with Crippen molar-refractivity contribution in [3.05, 3.63) is 48.6 Å². The zero-order chi connectivity index (χ0) is 13.2. The Bertz CT molecular complexity index is 323. The normalized spacial score (nSPS) is 12.6. The minimum atomic E-state index is 0.267. The Morgan fingerprint density at radius 2 is 2.06 bits per heavy atom. The number of nitrogens with zero attached hydrogens (tertiary/aromatic N) is 1. The third kappa shape index (κ3) is 5.03. The van der Waals surface area contributed by atoms with Crippen LogP contribution in [-0.2, 0) is 6.42 Å². The Balaban J connectivity index is 2.64. The molecular formula is C16H25NO. The highest BCUT2D eigenvalue weighted by Gasteiger charge is 2.15. The van der Waals surface area contributed by atoms with E-state index in [9.17, 15) is 0 Å². The zero-order valence-corrected chi connectivity index (χ0v) is 11.4. The Labute approximate surface area is 111 Å². The molecule has 0 radical (unpaired) electrons. The van der Waals surface area contributed by atoms with E-state index < -0.39 is 0 Å². The van der Waals surface area contributed by atoms with Crippen molar-refractivity contribution < 1.29 is 5.11 Å². The van der Waals surface area contributed by atoms with E-state index in [1.165, 1.54) is 5.56 Å². The van der Waals surface area contributed by atoms with Crippen LogP contribution in [0.3, 0.4) is 0 Å². The van der Waals surface area contributed by atoms with Crippen LogP contribution in [0.25, 0.3) is 0 Å². The number of likely N-dealkylation sites (N-methyl/N-ethyl adjacent to an activating group) is 1.